The van der Waals surface area contributed by atoms with E-state index in [1.807, 2.05) is 51.1 Å². The smallest absolute Gasteiger partial charge is 0.408 e. The second-order valence-corrected chi connectivity index (χ2v) is 7.08. The third-order valence-electron chi connectivity index (χ3n) is 4.03. The number of nitrogens with one attached hydrogen (secondary N) is 2. The monoisotopic (exact) mass is 324 g/mol. The fraction of sp³-hybridized carbons (Fsp3) is 0.350. The first-order valence-corrected chi connectivity index (χ1v) is 8.31. The molecule has 24 heavy (non-hydrogen) atoms. The van der Waals surface area contributed by atoms with E-state index >= 15 is 0 Å². The summed E-state index contributed by atoms with van der Waals surface area (Å²) in [6.45, 7) is 6.26. The Labute approximate surface area is 143 Å². The van der Waals surface area contributed by atoms with Gasteiger partial charge in [-0.3, -0.25) is 0 Å². The highest BCUT2D eigenvalue weighted by atomic mass is 16.6. The van der Waals surface area contributed by atoms with Gasteiger partial charge in [0.15, 0.2) is 0 Å². The van der Waals surface area contributed by atoms with Gasteiger partial charge in [-0.15, -0.1) is 0 Å². The first-order chi connectivity index (χ1) is 11.4. The minimum absolute atomic E-state index is 0.101. The molecule has 2 N–H and O–H groups in total. The summed E-state index contributed by atoms with van der Waals surface area (Å²) in [6.07, 6.45) is -0.387. The van der Waals surface area contributed by atoms with E-state index in [1.54, 1.807) is 0 Å². The third-order valence-corrected chi connectivity index (χ3v) is 4.03. The molecule has 1 heterocycles. The molecule has 0 aliphatic carbocycles. The van der Waals surface area contributed by atoms with E-state index in [9.17, 15) is 4.79 Å². The lowest BCUT2D eigenvalue weighted by Gasteiger charge is -2.34. The van der Waals surface area contributed by atoms with Crippen molar-refractivity contribution in [2.75, 3.05) is 6.54 Å². The number of hydrogen-bond acceptors (Lipinski definition) is 3. The Bertz CT molecular complexity index is 707. The molecule has 0 radical (unpaired) electrons. The summed E-state index contributed by atoms with van der Waals surface area (Å²) >= 11 is 0. The zero-order valence-corrected chi connectivity index (χ0v) is 14.4. The molecule has 0 fully saturated rings. The number of alkyl carbamates (subject to hydrolysis) is 1. The highest BCUT2D eigenvalue weighted by molar-refractivity contribution is 5.68. The van der Waals surface area contributed by atoms with Crippen LogP contribution in [0.1, 0.15) is 49.5 Å². The van der Waals surface area contributed by atoms with Gasteiger partial charge in [0.1, 0.15) is 5.60 Å². The van der Waals surface area contributed by atoms with Crippen LogP contribution in [-0.2, 0) is 4.74 Å². The quantitative estimate of drug-likeness (QED) is 0.879. The van der Waals surface area contributed by atoms with Crippen LogP contribution in [0, 0.1) is 0 Å². The zero-order chi connectivity index (χ0) is 17.2. The molecule has 0 saturated heterocycles. The Kier molecular flexibility index (Phi) is 4.58. The largest absolute Gasteiger partial charge is 0.444 e. The van der Waals surface area contributed by atoms with Crippen molar-refractivity contribution in [1.29, 1.82) is 0 Å². The van der Waals surface area contributed by atoms with Gasteiger partial charge in [-0.25, -0.2) is 4.79 Å². The summed E-state index contributed by atoms with van der Waals surface area (Å²) < 4.78 is 5.39. The average molecular weight is 324 g/mol. The van der Waals surface area contributed by atoms with Crippen LogP contribution in [0.3, 0.4) is 0 Å². The maximum atomic E-state index is 12.1. The van der Waals surface area contributed by atoms with Crippen molar-refractivity contribution in [2.24, 2.45) is 0 Å². The predicted molar refractivity (Wildman–Crippen MR) is 94.8 cm³/mol. The molecule has 126 valence electrons. The van der Waals surface area contributed by atoms with Crippen LogP contribution in [0.15, 0.2) is 54.6 Å². The molecule has 2 atom stereocenters. The van der Waals surface area contributed by atoms with Crippen LogP contribution >= 0.6 is 0 Å². The van der Waals surface area contributed by atoms with Gasteiger partial charge in [-0.1, -0.05) is 54.6 Å². The minimum atomic E-state index is -0.502. The van der Waals surface area contributed by atoms with E-state index in [0.29, 0.717) is 6.54 Å². The van der Waals surface area contributed by atoms with Gasteiger partial charge < -0.3 is 15.4 Å². The number of hydrogen-bond donors (Lipinski definition) is 2. The molecule has 0 unspecified atom stereocenters. The number of ether oxygens (including phenoxy) is 1. The fourth-order valence-corrected chi connectivity index (χ4v) is 3.07. The summed E-state index contributed by atoms with van der Waals surface area (Å²) in [4.78, 5) is 12.1. The predicted octanol–water partition coefficient (Wildman–Crippen LogP) is 3.95. The molecule has 1 amide bonds. The lowest BCUT2D eigenvalue weighted by atomic mass is 9.87. The molecule has 1 aliphatic heterocycles. The standard InChI is InChI=1S/C20H24N2O2/c1-20(2,3)24-19(23)22-17-13-21-18(14-9-5-4-6-10-14)16-12-8-7-11-15(16)17/h4-12,17-18,21H,13H2,1-3H3,(H,22,23)/t17-,18+/m1/s1. The first kappa shape index (κ1) is 16.5. The van der Waals surface area contributed by atoms with Crippen LogP contribution in [0.4, 0.5) is 4.79 Å². The summed E-state index contributed by atoms with van der Waals surface area (Å²) in [7, 11) is 0. The molecule has 4 nitrogen and oxygen atoms in total. The summed E-state index contributed by atoms with van der Waals surface area (Å²) in [5, 5.41) is 6.52. The van der Waals surface area contributed by atoms with E-state index in [1.165, 1.54) is 11.1 Å². The van der Waals surface area contributed by atoms with Gasteiger partial charge in [0.05, 0.1) is 12.1 Å². The van der Waals surface area contributed by atoms with Crippen LogP contribution in [0.5, 0.6) is 0 Å². The van der Waals surface area contributed by atoms with Crippen molar-refractivity contribution < 1.29 is 9.53 Å². The van der Waals surface area contributed by atoms with Crippen LogP contribution < -0.4 is 10.6 Å². The molecule has 0 saturated carbocycles. The van der Waals surface area contributed by atoms with E-state index in [-0.39, 0.29) is 18.2 Å². The summed E-state index contributed by atoms with van der Waals surface area (Å²) in [6, 6.07) is 18.6. The van der Waals surface area contributed by atoms with Crippen LogP contribution in [-0.4, -0.2) is 18.2 Å². The Balaban J connectivity index is 1.83. The highest BCUT2D eigenvalue weighted by Gasteiger charge is 2.29. The molecule has 0 spiro atoms. The molecule has 0 aromatic heterocycles. The van der Waals surface area contributed by atoms with Crippen molar-refractivity contribution in [3.8, 4) is 0 Å². The number of fused-ring (bicyclic) bond motifs is 1. The average Bonchev–Trinajstić information content (AvgIpc) is 2.54. The van der Waals surface area contributed by atoms with Gasteiger partial charge in [0.25, 0.3) is 0 Å². The van der Waals surface area contributed by atoms with Crippen molar-refractivity contribution >= 4 is 6.09 Å². The van der Waals surface area contributed by atoms with Gasteiger partial charge in [-0.05, 0) is 37.5 Å². The summed E-state index contributed by atoms with van der Waals surface area (Å²) in [5.74, 6) is 0. The molecule has 2 aromatic rings. The lowest BCUT2D eigenvalue weighted by Crippen LogP contribution is -2.43. The number of amides is 1. The molecule has 1 aliphatic rings. The van der Waals surface area contributed by atoms with Gasteiger partial charge in [-0.2, -0.15) is 0 Å². The number of rotatable bonds is 2. The topological polar surface area (TPSA) is 50.4 Å². The second-order valence-electron chi connectivity index (χ2n) is 7.08. The van der Waals surface area contributed by atoms with Crippen molar-refractivity contribution in [1.82, 2.24) is 10.6 Å². The van der Waals surface area contributed by atoms with Gasteiger partial charge in [0, 0.05) is 6.54 Å². The zero-order valence-electron chi connectivity index (χ0n) is 14.4. The molecular weight excluding hydrogens is 300 g/mol. The maximum absolute atomic E-state index is 12.1. The molecular formula is C20H24N2O2. The molecule has 3 rings (SSSR count). The Hall–Kier alpha value is -2.33. The normalized spacial score (nSPS) is 20.1. The van der Waals surface area contributed by atoms with Crippen molar-refractivity contribution in [2.45, 2.75) is 38.5 Å². The van der Waals surface area contributed by atoms with E-state index in [2.05, 4.69) is 34.9 Å². The highest BCUT2D eigenvalue weighted by Crippen LogP contribution is 2.32. The van der Waals surface area contributed by atoms with E-state index in [0.717, 1.165) is 5.56 Å². The molecule has 0 bridgehead atoms. The summed E-state index contributed by atoms with van der Waals surface area (Å²) in [5.41, 5.74) is 3.05. The lowest BCUT2D eigenvalue weighted by molar-refractivity contribution is 0.0500. The Morgan fingerprint density at radius 2 is 1.67 bits per heavy atom. The van der Waals surface area contributed by atoms with Gasteiger partial charge in [0.2, 0.25) is 0 Å². The van der Waals surface area contributed by atoms with Crippen LogP contribution in [0.25, 0.3) is 0 Å². The number of benzene rings is 2. The maximum Gasteiger partial charge on any atom is 0.408 e. The molecule has 2 aromatic carbocycles. The second kappa shape index (κ2) is 6.65. The molecule has 4 heteroatoms. The van der Waals surface area contributed by atoms with Crippen LogP contribution in [0.2, 0.25) is 0 Å². The van der Waals surface area contributed by atoms with E-state index in [4.69, 9.17) is 4.74 Å². The van der Waals surface area contributed by atoms with E-state index < -0.39 is 5.60 Å². The van der Waals surface area contributed by atoms with Gasteiger partial charge >= 0.3 is 6.09 Å². The number of carbonyl (C=O) groups excluding carboxylic acids is 1. The third kappa shape index (κ3) is 3.77. The first-order valence-electron chi connectivity index (χ1n) is 8.31. The minimum Gasteiger partial charge on any atom is -0.444 e. The Morgan fingerprint density at radius 1 is 1.04 bits per heavy atom. The van der Waals surface area contributed by atoms with Crippen molar-refractivity contribution in [3.05, 3.63) is 71.3 Å². The SMILES string of the molecule is CC(C)(C)OC(=O)N[C@@H]1CN[C@@H](c2ccccc2)c2ccccc21. The Morgan fingerprint density at radius 3 is 2.33 bits per heavy atom. The number of carbonyl (C=O) groups is 1. The van der Waals surface area contributed by atoms with Crippen molar-refractivity contribution in [3.63, 3.8) is 0 Å². The fourth-order valence-electron chi connectivity index (χ4n) is 3.07.